The lowest BCUT2D eigenvalue weighted by molar-refractivity contribution is -0.154. The number of hydrogen-bond donors (Lipinski definition) is 2. The molecular formula is C17H16F3N7O3. The molecule has 1 aliphatic heterocycles. The molecule has 158 valence electrons. The van der Waals surface area contributed by atoms with Gasteiger partial charge in [0.15, 0.2) is 11.3 Å². The minimum absolute atomic E-state index is 0.0752. The van der Waals surface area contributed by atoms with E-state index in [2.05, 4.69) is 30.3 Å². The van der Waals surface area contributed by atoms with E-state index in [1.807, 2.05) is 5.32 Å². The summed E-state index contributed by atoms with van der Waals surface area (Å²) in [5.41, 5.74) is 1.99. The van der Waals surface area contributed by atoms with E-state index in [4.69, 9.17) is 0 Å². The van der Waals surface area contributed by atoms with Gasteiger partial charge >= 0.3 is 6.18 Å². The summed E-state index contributed by atoms with van der Waals surface area (Å²) in [5.74, 6) is -1.87. The lowest BCUT2D eigenvalue weighted by Crippen LogP contribution is -2.38. The van der Waals surface area contributed by atoms with Crippen LogP contribution < -0.4 is 10.6 Å². The fourth-order valence-electron chi connectivity index (χ4n) is 3.27. The molecule has 1 saturated heterocycles. The second kappa shape index (κ2) is 7.39. The molecule has 2 atom stereocenters. The second-order valence-electron chi connectivity index (χ2n) is 7.02. The van der Waals surface area contributed by atoms with Crippen LogP contribution in [0.4, 0.5) is 13.2 Å². The molecule has 4 heterocycles. The summed E-state index contributed by atoms with van der Waals surface area (Å²) in [6, 6.07) is -0.171. The Morgan fingerprint density at radius 1 is 1.40 bits per heavy atom. The third-order valence-corrected chi connectivity index (χ3v) is 4.81. The van der Waals surface area contributed by atoms with E-state index in [9.17, 15) is 22.8 Å². The van der Waals surface area contributed by atoms with Crippen molar-refractivity contribution in [3.05, 3.63) is 41.1 Å². The van der Waals surface area contributed by atoms with Gasteiger partial charge in [0, 0.05) is 5.92 Å². The molecule has 30 heavy (non-hydrogen) atoms. The van der Waals surface area contributed by atoms with E-state index in [0.29, 0.717) is 22.6 Å². The average molecular weight is 423 g/mol. The summed E-state index contributed by atoms with van der Waals surface area (Å²) >= 11 is 0. The van der Waals surface area contributed by atoms with Crippen molar-refractivity contribution in [3.8, 4) is 0 Å². The maximum absolute atomic E-state index is 12.8. The van der Waals surface area contributed by atoms with Crippen LogP contribution in [0.25, 0.3) is 5.65 Å². The number of carbonyl (C=O) groups is 2. The molecule has 0 radical (unpaired) electrons. The highest BCUT2D eigenvalue weighted by Gasteiger charge is 2.47. The number of rotatable bonds is 5. The molecule has 0 saturated carbocycles. The van der Waals surface area contributed by atoms with Crippen LogP contribution in [0.5, 0.6) is 0 Å². The van der Waals surface area contributed by atoms with E-state index < -0.39 is 30.0 Å². The van der Waals surface area contributed by atoms with Crippen LogP contribution in [0.1, 0.15) is 33.9 Å². The maximum Gasteiger partial charge on any atom is 0.408 e. The van der Waals surface area contributed by atoms with Gasteiger partial charge in [-0.3, -0.25) is 9.59 Å². The van der Waals surface area contributed by atoms with Crippen molar-refractivity contribution in [3.63, 3.8) is 0 Å². The van der Waals surface area contributed by atoms with E-state index in [1.165, 1.54) is 10.7 Å². The molecule has 3 aromatic rings. The van der Waals surface area contributed by atoms with Crippen molar-refractivity contribution in [1.82, 2.24) is 35.5 Å². The highest BCUT2D eigenvalue weighted by molar-refractivity contribution is 5.92. The van der Waals surface area contributed by atoms with Crippen LogP contribution >= 0.6 is 0 Å². The zero-order valence-corrected chi connectivity index (χ0v) is 15.6. The Balaban J connectivity index is 1.42. The van der Waals surface area contributed by atoms with Crippen molar-refractivity contribution >= 4 is 17.5 Å². The minimum Gasteiger partial charge on any atom is -0.345 e. The highest BCUT2D eigenvalue weighted by atomic mass is 19.4. The summed E-state index contributed by atoms with van der Waals surface area (Å²) in [4.78, 5) is 28.3. The fourth-order valence-corrected chi connectivity index (χ4v) is 3.27. The second-order valence-corrected chi connectivity index (χ2v) is 7.02. The zero-order valence-electron chi connectivity index (χ0n) is 15.6. The van der Waals surface area contributed by atoms with E-state index >= 15 is 0 Å². The van der Waals surface area contributed by atoms with E-state index in [1.54, 1.807) is 19.2 Å². The molecule has 1 unspecified atom stereocenters. The standard InChI is InChI=1S/C17H16F3N7O3/c1-8-14(26-30-25-8)16(29)21-6-11-7-27-13(23-11)3-9(5-22-27)2-10-4-12(17(18,19)20)24-15(10)28/h3,5,7,10,12H,2,4,6H2,1H3,(H,21,29)(H,24,28)/t10-,12?/m0/s1. The van der Waals surface area contributed by atoms with Gasteiger partial charge in [0.2, 0.25) is 5.91 Å². The summed E-state index contributed by atoms with van der Waals surface area (Å²) in [6.07, 6.45) is -1.56. The maximum atomic E-state index is 12.8. The van der Waals surface area contributed by atoms with Gasteiger partial charge in [-0.05, 0) is 36.6 Å². The van der Waals surface area contributed by atoms with Crippen molar-refractivity contribution < 1.29 is 27.4 Å². The molecule has 2 amide bonds. The van der Waals surface area contributed by atoms with Gasteiger partial charge in [0.05, 0.1) is 24.6 Å². The van der Waals surface area contributed by atoms with Crippen LogP contribution in [0.2, 0.25) is 0 Å². The molecule has 2 N–H and O–H groups in total. The predicted octanol–water partition coefficient (Wildman–Crippen LogP) is 0.960. The molecule has 1 aliphatic rings. The molecule has 4 rings (SSSR count). The van der Waals surface area contributed by atoms with Crippen molar-refractivity contribution in [2.24, 2.45) is 5.92 Å². The van der Waals surface area contributed by atoms with Crippen molar-refractivity contribution in [1.29, 1.82) is 0 Å². The lowest BCUT2D eigenvalue weighted by Gasteiger charge is -2.13. The fraction of sp³-hybridized carbons (Fsp3) is 0.412. The Morgan fingerprint density at radius 3 is 2.87 bits per heavy atom. The quantitative estimate of drug-likeness (QED) is 0.626. The number of nitrogens with one attached hydrogen (secondary N) is 2. The number of amides is 2. The summed E-state index contributed by atoms with van der Waals surface area (Å²) in [7, 11) is 0. The van der Waals surface area contributed by atoms with E-state index in [-0.39, 0.29) is 25.1 Å². The van der Waals surface area contributed by atoms with Gasteiger partial charge in [-0.1, -0.05) is 5.16 Å². The normalized spacial score (nSPS) is 19.3. The van der Waals surface area contributed by atoms with Crippen LogP contribution in [-0.4, -0.2) is 48.9 Å². The van der Waals surface area contributed by atoms with Crippen LogP contribution in [0.3, 0.4) is 0 Å². The largest absolute Gasteiger partial charge is 0.408 e. The molecule has 0 aliphatic carbocycles. The molecule has 1 fully saturated rings. The summed E-state index contributed by atoms with van der Waals surface area (Å²) < 4.78 is 44.4. The zero-order chi connectivity index (χ0) is 21.5. The number of fused-ring (bicyclic) bond motifs is 1. The van der Waals surface area contributed by atoms with E-state index in [0.717, 1.165) is 0 Å². The van der Waals surface area contributed by atoms with Crippen molar-refractivity contribution in [2.75, 3.05) is 0 Å². The minimum atomic E-state index is -4.46. The highest BCUT2D eigenvalue weighted by Crippen LogP contribution is 2.31. The number of aryl methyl sites for hydroxylation is 1. The first-order chi connectivity index (χ1) is 14.2. The van der Waals surface area contributed by atoms with Gasteiger partial charge in [0.1, 0.15) is 11.7 Å². The molecule has 0 aromatic carbocycles. The first kappa shape index (κ1) is 19.8. The van der Waals surface area contributed by atoms with Gasteiger partial charge < -0.3 is 10.6 Å². The Labute approximate surface area is 166 Å². The monoisotopic (exact) mass is 423 g/mol. The summed E-state index contributed by atoms with van der Waals surface area (Å²) in [5, 5.41) is 15.9. The SMILES string of the molecule is Cc1nonc1C(=O)NCc1cn2ncc(C[C@H]3CC(C(F)(F)F)NC3=O)cc2n1. The van der Waals surface area contributed by atoms with Crippen LogP contribution in [0, 0.1) is 12.8 Å². The van der Waals surface area contributed by atoms with Crippen LogP contribution in [-0.2, 0) is 17.8 Å². The molecule has 0 bridgehead atoms. The third kappa shape index (κ3) is 3.95. The lowest BCUT2D eigenvalue weighted by atomic mass is 9.97. The molecule has 13 heteroatoms. The Bertz CT molecular complexity index is 1110. The Kier molecular flexibility index (Phi) is 4.87. The number of alkyl halides is 3. The first-order valence-corrected chi connectivity index (χ1v) is 8.98. The number of imidazole rings is 1. The van der Waals surface area contributed by atoms with Crippen LogP contribution in [0.15, 0.2) is 23.1 Å². The molecule has 0 spiro atoms. The third-order valence-electron chi connectivity index (χ3n) is 4.81. The van der Waals surface area contributed by atoms with Gasteiger partial charge in [-0.15, -0.1) is 0 Å². The first-order valence-electron chi connectivity index (χ1n) is 8.98. The average Bonchev–Trinajstić information content (AvgIpc) is 3.38. The Hall–Kier alpha value is -3.51. The summed E-state index contributed by atoms with van der Waals surface area (Å²) in [6.45, 7) is 1.69. The molecule has 3 aromatic heterocycles. The topological polar surface area (TPSA) is 127 Å². The van der Waals surface area contributed by atoms with Crippen molar-refractivity contribution in [2.45, 2.75) is 38.5 Å². The van der Waals surface area contributed by atoms with Gasteiger partial charge in [0.25, 0.3) is 5.91 Å². The molecule has 10 nitrogen and oxygen atoms in total. The predicted molar refractivity (Wildman–Crippen MR) is 93.0 cm³/mol. The number of hydrogen-bond acceptors (Lipinski definition) is 7. The van der Waals surface area contributed by atoms with Gasteiger partial charge in [-0.25, -0.2) is 14.1 Å². The number of nitrogens with zero attached hydrogens (tertiary/aromatic N) is 5. The number of halogens is 3. The Morgan fingerprint density at radius 2 is 2.20 bits per heavy atom. The number of carbonyl (C=O) groups excluding carboxylic acids is 2. The van der Waals surface area contributed by atoms with Gasteiger partial charge in [-0.2, -0.15) is 18.3 Å². The molecular weight excluding hydrogens is 407 g/mol. The smallest absolute Gasteiger partial charge is 0.345 e. The number of aromatic nitrogens is 5.